The van der Waals surface area contributed by atoms with Gasteiger partial charge in [-0.1, -0.05) is 50.7 Å². The van der Waals surface area contributed by atoms with E-state index in [1.54, 1.807) is 48.5 Å². The number of hydrogen-bond acceptors (Lipinski definition) is 4. The van der Waals surface area contributed by atoms with Gasteiger partial charge in [0.2, 0.25) is 11.8 Å². The molecule has 4 N–H and O–H groups in total. The molecule has 40 heavy (non-hydrogen) atoms. The topological polar surface area (TPSA) is 116 Å². The summed E-state index contributed by atoms with van der Waals surface area (Å²) in [4.78, 5) is 50.1. The molecule has 0 atom stereocenters. The van der Waals surface area contributed by atoms with Crippen LogP contribution in [0.2, 0.25) is 0 Å². The second kappa shape index (κ2) is 15.2. The third kappa shape index (κ3) is 9.50. The van der Waals surface area contributed by atoms with Crippen LogP contribution in [-0.2, 0) is 9.59 Å². The molecule has 8 nitrogen and oxygen atoms in total. The quantitative estimate of drug-likeness (QED) is 0.261. The fourth-order valence-corrected chi connectivity index (χ4v) is 5.53. The summed E-state index contributed by atoms with van der Waals surface area (Å²) in [6.07, 6.45) is 12.8. The number of anilines is 2. The lowest BCUT2D eigenvalue weighted by Gasteiger charge is -2.22. The minimum atomic E-state index is -0.151. The summed E-state index contributed by atoms with van der Waals surface area (Å²) >= 11 is 0. The van der Waals surface area contributed by atoms with Gasteiger partial charge in [-0.05, 0) is 74.9 Å². The number of rotatable bonds is 11. The van der Waals surface area contributed by atoms with Crippen molar-refractivity contribution in [2.24, 2.45) is 0 Å². The van der Waals surface area contributed by atoms with Crippen molar-refractivity contribution in [3.63, 3.8) is 0 Å². The third-order valence-electron chi connectivity index (χ3n) is 7.76. The smallest absolute Gasteiger partial charge is 0.251 e. The Morgan fingerprint density at radius 2 is 0.975 bits per heavy atom. The number of amides is 4. The fraction of sp³-hybridized carbons (Fsp3) is 0.500. The van der Waals surface area contributed by atoms with Crippen molar-refractivity contribution in [1.29, 1.82) is 0 Å². The minimum Gasteiger partial charge on any atom is -0.349 e. The molecule has 0 radical (unpaired) electrons. The molecule has 0 spiro atoms. The van der Waals surface area contributed by atoms with Crippen molar-refractivity contribution in [2.75, 3.05) is 10.6 Å². The fourth-order valence-electron chi connectivity index (χ4n) is 5.53. The van der Waals surface area contributed by atoms with E-state index in [0.29, 0.717) is 35.3 Å². The van der Waals surface area contributed by atoms with Crippen LogP contribution in [0.4, 0.5) is 11.4 Å². The highest BCUT2D eigenvalue weighted by atomic mass is 16.2. The standard InChI is InChI=1S/C32H42N4O4/c37-29(33-27-17-9-11-23(21-27)31(39)35-25-13-3-1-4-14-25)19-7-8-20-30(38)34-28-18-10-12-24(22-28)32(40)36-26-15-5-2-6-16-26/h9-12,17-18,21-22,25-26H,1-8,13-16,19-20H2,(H,33,37)(H,34,38)(H,35,39)(H,36,40). The molecule has 4 amide bonds. The molecule has 0 saturated heterocycles. The van der Waals surface area contributed by atoms with E-state index in [1.807, 2.05) is 0 Å². The lowest BCUT2D eigenvalue weighted by Crippen LogP contribution is -2.36. The second-order valence-corrected chi connectivity index (χ2v) is 11.1. The molecule has 0 bridgehead atoms. The highest BCUT2D eigenvalue weighted by molar-refractivity contribution is 5.98. The van der Waals surface area contributed by atoms with Crippen molar-refractivity contribution in [1.82, 2.24) is 10.6 Å². The van der Waals surface area contributed by atoms with Crippen LogP contribution >= 0.6 is 0 Å². The largest absolute Gasteiger partial charge is 0.349 e. The highest BCUT2D eigenvalue weighted by Gasteiger charge is 2.18. The Bertz CT molecular complexity index is 1080. The molecule has 2 aliphatic rings. The lowest BCUT2D eigenvalue weighted by molar-refractivity contribution is -0.118. The molecule has 0 aromatic heterocycles. The predicted octanol–water partition coefficient (Wildman–Crippen LogP) is 5.95. The summed E-state index contributed by atoms with van der Waals surface area (Å²) < 4.78 is 0. The van der Waals surface area contributed by atoms with Crippen LogP contribution in [0, 0.1) is 0 Å². The number of carbonyl (C=O) groups is 4. The average Bonchev–Trinajstić information content (AvgIpc) is 2.97. The van der Waals surface area contributed by atoms with E-state index < -0.39 is 0 Å². The van der Waals surface area contributed by atoms with E-state index in [9.17, 15) is 19.2 Å². The van der Waals surface area contributed by atoms with Crippen LogP contribution in [0.1, 0.15) is 111 Å². The molecule has 2 aromatic carbocycles. The molecule has 2 aromatic rings. The van der Waals surface area contributed by atoms with Crippen LogP contribution in [-0.4, -0.2) is 35.7 Å². The highest BCUT2D eigenvalue weighted by Crippen LogP contribution is 2.20. The zero-order chi connectivity index (χ0) is 28.2. The summed E-state index contributed by atoms with van der Waals surface area (Å²) in [6, 6.07) is 14.4. The number of carbonyl (C=O) groups excluding carboxylic acids is 4. The van der Waals surface area contributed by atoms with Gasteiger partial charge in [0.05, 0.1) is 0 Å². The first-order valence-corrected chi connectivity index (χ1v) is 14.9. The Morgan fingerprint density at radius 3 is 1.38 bits per heavy atom. The van der Waals surface area contributed by atoms with E-state index in [2.05, 4.69) is 21.3 Å². The minimum absolute atomic E-state index is 0.107. The number of unbranched alkanes of at least 4 members (excludes halogenated alkanes) is 1. The van der Waals surface area contributed by atoms with Gasteiger partial charge in [0.25, 0.3) is 11.8 Å². The summed E-state index contributed by atoms with van der Waals surface area (Å²) in [7, 11) is 0. The molecule has 0 aliphatic heterocycles. The monoisotopic (exact) mass is 546 g/mol. The summed E-state index contributed by atoms with van der Waals surface area (Å²) in [5.41, 5.74) is 2.25. The molecule has 8 heteroatoms. The summed E-state index contributed by atoms with van der Waals surface area (Å²) in [6.45, 7) is 0. The number of nitrogens with one attached hydrogen (secondary N) is 4. The van der Waals surface area contributed by atoms with Crippen LogP contribution in [0.5, 0.6) is 0 Å². The van der Waals surface area contributed by atoms with Gasteiger partial charge in [0.1, 0.15) is 0 Å². The van der Waals surface area contributed by atoms with E-state index in [-0.39, 0.29) is 48.6 Å². The molecule has 2 aliphatic carbocycles. The van der Waals surface area contributed by atoms with Crippen molar-refractivity contribution < 1.29 is 19.2 Å². The maximum absolute atomic E-state index is 12.6. The Hall–Kier alpha value is -3.68. The summed E-state index contributed by atoms with van der Waals surface area (Å²) in [5.74, 6) is -0.516. The number of benzene rings is 2. The van der Waals surface area contributed by atoms with Gasteiger partial charge < -0.3 is 21.3 Å². The van der Waals surface area contributed by atoms with Crippen molar-refractivity contribution in [3.05, 3.63) is 59.7 Å². The third-order valence-corrected chi connectivity index (χ3v) is 7.76. The first-order chi connectivity index (χ1) is 19.5. The molecule has 0 heterocycles. The van der Waals surface area contributed by atoms with Crippen LogP contribution in [0.15, 0.2) is 48.5 Å². The first kappa shape index (κ1) is 29.3. The number of hydrogen-bond donors (Lipinski definition) is 4. The van der Waals surface area contributed by atoms with Gasteiger partial charge in [-0.3, -0.25) is 19.2 Å². The molecule has 214 valence electrons. The predicted molar refractivity (Wildman–Crippen MR) is 157 cm³/mol. The van der Waals surface area contributed by atoms with E-state index in [4.69, 9.17) is 0 Å². The van der Waals surface area contributed by atoms with Crippen molar-refractivity contribution >= 4 is 35.0 Å². The molecular weight excluding hydrogens is 504 g/mol. The van der Waals surface area contributed by atoms with Gasteiger partial charge in [-0.2, -0.15) is 0 Å². The van der Waals surface area contributed by atoms with Gasteiger partial charge in [-0.25, -0.2) is 0 Å². The molecule has 2 saturated carbocycles. The normalized spacial score (nSPS) is 16.1. The lowest BCUT2D eigenvalue weighted by atomic mass is 9.95. The van der Waals surface area contributed by atoms with Crippen molar-refractivity contribution in [3.8, 4) is 0 Å². The molecular formula is C32H42N4O4. The van der Waals surface area contributed by atoms with Gasteiger partial charge in [0.15, 0.2) is 0 Å². The zero-order valence-electron chi connectivity index (χ0n) is 23.3. The van der Waals surface area contributed by atoms with Gasteiger partial charge >= 0.3 is 0 Å². The second-order valence-electron chi connectivity index (χ2n) is 11.1. The Morgan fingerprint density at radius 1 is 0.575 bits per heavy atom. The van der Waals surface area contributed by atoms with E-state index >= 15 is 0 Å². The summed E-state index contributed by atoms with van der Waals surface area (Å²) in [5, 5.41) is 11.9. The SMILES string of the molecule is O=C(CCCCC(=O)Nc1cccc(C(=O)NC2CCCCC2)c1)Nc1cccc(C(=O)NC2CCCCC2)c1. The maximum atomic E-state index is 12.6. The van der Waals surface area contributed by atoms with Crippen LogP contribution in [0.3, 0.4) is 0 Å². The Kier molecular flexibility index (Phi) is 11.1. The average molecular weight is 547 g/mol. The van der Waals surface area contributed by atoms with Crippen LogP contribution in [0.25, 0.3) is 0 Å². The van der Waals surface area contributed by atoms with Gasteiger partial charge in [0, 0.05) is 47.4 Å². The molecule has 0 unspecified atom stereocenters. The zero-order valence-corrected chi connectivity index (χ0v) is 23.3. The Labute approximate surface area is 237 Å². The molecule has 2 fully saturated rings. The maximum Gasteiger partial charge on any atom is 0.251 e. The Balaban J connectivity index is 1.15. The van der Waals surface area contributed by atoms with Crippen molar-refractivity contribution in [2.45, 2.75) is 102 Å². The van der Waals surface area contributed by atoms with E-state index in [1.165, 1.54) is 12.8 Å². The van der Waals surface area contributed by atoms with E-state index in [0.717, 1.165) is 51.4 Å². The molecule has 4 rings (SSSR count). The first-order valence-electron chi connectivity index (χ1n) is 14.9. The van der Waals surface area contributed by atoms with Crippen LogP contribution < -0.4 is 21.3 Å². The van der Waals surface area contributed by atoms with Gasteiger partial charge in [-0.15, -0.1) is 0 Å².